The molecule has 5 nitrogen and oxygen atoms in total. The van der Waals surface area contributed by atoms with Crippen LogP contribution in [0.25, 0.3) is 0 Å². The van der Waals surface area contributed by atoms with Gasteiger partial charge in [0.2, 0.25) is 5.91 Å². The van der Waals surface area contributed by atoms with Crippen molar-refractivity contribution in [2.75, 3.05) is 6.54 Å². The highest BCUT2D eigenvalue weighted by Crippen LogP contribution is 2.48. The normalized spacial score (nSPS) is 18.0. The van der Waals surface area contributed by atoms with Crippen LogP contribution in [0.15, 0.2) is 41.2 Å². The molecule has 2 aromatic rings. The molecule has 0 radical (unpaired) electrons. The lowest BCUT2D eigenvalue weighted by molar-refractivity contribution is -0.123. The Labute approximate surface area is 144 Å². The Morgan fingerprint density at radius 2 is 1.92 bits per heavy atom. The summed E-state index contributed by atoms with van der Waals surface area (Å²) in [5, 5.41) is 7.29. The summed E-state index contributed by atoms with van der Waals surface area (Å²) < 4.78 is 14.5. The molecule has 1 heterocycles. The van der Waals surface area contributed by atoms with E-state index in [9.17, 15) is 14.0 Å². The lowest BCUT2D eigenvalue weighted by Crippen LogP contribution is -2.38. The second-order valence-electron chi connectivity index (χ2n) is 6.94. The Balaban J connectivity index is 1.39. The van der Waals surface area contributed by atoms with E-state index in [2.05, 4.69) is 10.4 Å². The van der Waals surface area contributed by atoms with Gasteiger partial charge in [0, 0.05) is 18.5 Å². The van der Waals surface area contributed by atoms with E-state index in [0.717, 1.165) is 36.9 Å². The zero-order chi connectivity index (χ0) is 17.4. The number of amides is 1. The molecule has 0 spiro atoms. The van der Waals surface area contributed by atoms with Gasteiger partial charge in [-0.05, 0) is 49.4 Å². The van der Waals surface area contributed by atoms with Gasteiger partial charge in [0.15, 0.2) is 0 Å². The molecule has 2 saturated carbocycles. The van der Waals surface area contributed by atoms with Crippen molar-refractivity contribution in [3.8, 4) is 0 Å². The molecule has 130 valence electrons. The molecule has 1 aromatic heterocycles. The first-order valence-corrected chi connectivity index (χ1v) is 8.71. The predicted molar refractivity (Wildman–Crippen MR) is 90.8 cm³/mol. The largest absolute Gasteiger partial charge is 0.353 e. The first-order chi connectivity index (χ1) is 12.1. The van der Waals surface area contributed by atoms with E-state index in [4.69, 9.17) is 0 Å². The fourth-order valence-corrected chi connectivity index (χ4v) is 3.21. The summed E-state index contributed by atoms with van der Waals surface area (Å²) in [5.41, 5.74) is 1.11. The number of carbonyl (C=O) groups excluding carboxylic acids is 1. The molecule has 2 fully saturated rings. The quantitative estimate of drug-likeness (QED) is 0.875. The number of nitrogens with one attached hydrogen (secondary N) is 1. The Morgan fingerprint density at radius 3 is 2.56 bits per heavy atom. The molecule has 2 aliphatic carbocycles. The number of nitrogens with zero attached hydrogens (tertiary/aromatic N) is 2. The first-order valence-electron chi connectivity index (χ1n) is 8.71. The minimum Gasteiger partial charge on any atom is -0.353 e. The number of carbonyl (C=O) groups is 1. The third-order valence-electron chi connectivity index (χ3n) is 5.07. The average molecular weight is 341 g/mol. The van der Waals surface area contributed by atoms with Crippen molar-refractivity contribution in [3.05, 3.63) is 63.8 Å². The first kappa shape index (κ1) is 16.0. The highest BCUT2D eigenvalue weighted by molar-refractivity contribution is 5.91. The Bertz CT molecular complexity index is 852. The lowest BCUT2D eigenvalue weighted by Gasteiger charge is -2.16. The van der Waals surface area contributed by atoms with Crippen LogP contribution in [0.1, 0.15) is 42.9 Å². The number of rotatable bonds is 6. The Morgan fingerprint density at radius 1 is 1.20 bits per heavy atom. The maximum Gasteiger partial charge on any atom is 0.266 e. The van der Waals surface area contributed by atoms with Gasteiger partial charge in [-0.15, -0.1) is 0 Å². The number of benzene rings is 1. The molecule has 1 aromatic carbocycles. The van der Waals surface area contributed by atoms with Crippen LogP contribution < -0.4 is 10.9 Å². The van der Waals surface area contributed by atoms with Gasteiger partial charge < -0.3 is 5.32 Å². The summed E-state index contributed by atoms with van der Waals surface area (Å²) in [6.07, 6.45) is 3.78. The summed E-state index contributed by atoms with van der Waals surface area (Å²) in [5.74, 6) is 0.112. The van der Waals surface area contributed by atoms with Gasteiger partial charge in [0.05, 0.1) is 17.7 Å². The third kappa shape index (κ3) is 3.21. The number of hydrogen-bond acceptors (Lipinski definition) is 3. The minimum atomic E-state index is -0.540. The van der Waals surface area contributed by atoms with Crippen LogP contribution in [-0.2, 0) is 16.8 Å². The highest BCUT2D eigenvalue weighted by atomic mass is 19.1. The van der Waals surface area contributed by atoms with Crippen molar-refractivity contribution in [1.29, 1.82) is 0 Å². The topological polar surface area (TPSA) is 64.0 Å². The average Bonchev–Trinajstić information content (AvgIpc) is 3.50. The highest BCUT2D eigenvalue weighted by Gasteiger charge is 2.51. The van der Waals surface area contributed by atoms with Gasteiger partial charge in [0.1, 0.15) is 5.82 Å². The van der Waals surface area contributed by atoms with Gasteiger partial charge >= 0.3 is 0 Å². The van der Waals surface area contributed by atoms with Crippen molar-refractivity contribution in [2.45, 2.75) is 43.6 Å². The molecule has 1 amide bonds. The van der Waals surface area contributed by atoms with Crippen LogP contribution in [0.5, 0.6) is 0 Å². The molecular weight excluding hydrogens is 321 g/mol. The van der Waals surface area contributed by atoms with E-state index in [1.165, 1.54) is 16.8 Å². The molecule has 0 unspecified atom stereocenters. The zero-order valence-corrected chi connectivity index (χ0v) is 13.9. The van der Waals surface area contributed by atoms with Crippen LogP contribution >= 0.6 is 0 Å². The van der Waals surface area contributed by atoms with Crippen molar-refractivity contribution < 1.29 is 9.18 Å². The smallest absolute Gasteiger partial charge is 0.266 e. The van der Waals surface area contributed by atoms with Gasteiger partial charge in [-0.25, -0.2) is 9.07 Å². The molecule has 0 atom stereocenters. The molecule has 0 aliphatic heterocycles. The Hall–Kier alpha value is -2.50. The van der Waals surface area contributed by atoms with Crippen LogP contribution in [0.4, 0.5) is 4.39 Å². The summed E-state index contributed by atoms with van der Waals surface area (Å²) in [6.45, 7) is 0.702. The molecule has 6 heteroatoms. The maximum absolute atomic E-state index is 13.1. The zero-order valence-electron chi connectivity index (χ0n) is 13.9. The summed E-state index contributed by atoms with van der Waals surface area (Å²) in [4.78, 5) is 24.5. The molecule has 0 bridgehead atoms. The van der Waals surface area contributed by atoms with Gasteiger partial charge in [-0.3, -0.25) is 9.59 Å². The SMILES string of the molecule is O=C(NCCn1nc(C2CC2)ccc1=O)C1(c2ccc(F)cc2)CC1. The van der Waals surface area contributed by atoms with Crippen LogP contribution in [0, 0.1) is 5.82 Å². The number of halogens is 1. The van der Waals surface area contributed by atoms with Crippen molar-refractivity contribution in [3.63, 3.8) is 0 Å². The fourth-order valence-electron chi connectivity index (χ4n) is 3.21. The van der Waals surface area contributed by atoms with Gasteiger partial charge in [-0.1, -0.05) is 12.1 Å². The fraction of sp³-hybridized carbons (Fsp3) is 0.421. The second kappa shape index (κ2) is 6.10. The maximum atomic E-state index is 13.1. The molecular formula is C19H20FN3O2. The Kier molecular flexibility index (Phi) is 3.90. The second-order valence-corrected chi connectivity index (χ2v) is 6.94. The van der Waals surface area contributed by atoms with E-state index in [-0.39, 0.29) is 17.3 Å². The van der Waals surface area contributed by atoms with Crippen molar-refractivity contribution >= 4 is 5.91 Å². The van der Waals surface area contributed by atoms with Gasteiger partial charge in [-0.2, -0.15) is 5.10 Å². The lowest BCUT2D eigenvalue weighted by atomic mass is 9.95. The van der Waals surface area contributed by atoms with E-state index >= 15 is 0 Å². The van der Waals surface area contributed by atoms with Crippen LogP contribution in [0.3, 0.4) is 0 Å². The molecule has 2 aliphatic rings. The summed E-state index contributed by atoms with van der Waals surface area (Å²) in [7, 11) is 0. The van der Waals surface area contributed by atoms with E-state index in [1.807, 2.05) is 0 Å². The molecule has 0 saturated heterocycles. The van der Waals surface area contributed by atoms with Crippen molar-refractivity contribution in [1.82, 2.24) is 15.1 Å². The summed E-state index contributed by atoms with van der Waals surface area (Å²) in [6, 6.07) is 9.46. The minimum absolute atomic E-state index is 0.0643. The van der Waals surface area contributed by atoms with E-state index in [0.29, 0.717) is 19.0 Å². The monoisotopic (exact) mass is 341 g/mol. The predicted octanol–water partition coefficient (Wildman–Crippen LogP) is 2.11. The van der Waals surface area contributed by atoms with Crippen molar-refractivity contribution in [2.24, 2.45) is 0 Å². The van der Waals surface area contributed by atoms with E-state index in [1.54, 1.807) is 24.3 Å². The van der Waals surface area contributed by atoms with Crippen LogP contribution in [0.2, 0.25) is 0 Å². The third-order valence-corrected chi connectivity index (χ3v) is 5.07. The summed E-state index contributed by atoms with van der Waals surface area (Å²) >= 11 is 0. The molecule has 4 rings (SSSR count). The van der Waals surface area contributed by atoms with Crippen LogP contribution in [-0.4, -0.2) is 22.2 Å². The standard InChI is InChI=1S/C19H20FN3O2/c20-15-5-3-14(4-6-15)19(9-10-19)18(25)21-11-12-23-17(24)8-7-16(22-23)13-1-2-13/h3-8,13H,1-2,9-12H2,(H,21,25). The van der Waals surface area contributed by atoms with Gasteiger partial charge in [0.25, 0.3) is 5.56 Å². The number of hydrogen-bond donors (Lipinski definition) is 1. The van der Waals surface area contributed by atoms with E-state index < -0.39 is 5.41 Å². The number of aromatic nitrogens is 2. The molecule has 25 heavy (non-hydrogen) atoms. The molecule has 1 N–H and O–H groups in total.